The fourth-order valence-electron chi connectivity index (χ4n) is 3.30. The molecule has 2 aliphatic heterocycles. The second-order valence-electron chi connectivity index (χ2n) is 5.95. The van der Waals surface area contributed by atoms with Crippen LogP contribution in [0.25, 0.3) is 11.0 Å². The van der Waals surface area contributed by atoms with E-state index in [0.717, 1.165) is 35.7 Å². The van der Waals surface area contributed by atoms with Crippen molar-refractivity contribution in [1.82, 2.24) is 20.2 Å². The average molecular weight is 289 g/mol. The molecule has 1 fully saturated rings. The molecule has 7 nitrogen and oxygen atoms in total. The summed E-state index contributed by atoms with van der Waals surface area (Å²) in [6.07, 6.45) is 1.29. The number of nitrogens with zero attached hydrogens (tertiary/aromatic N) is 4. The number of anilines is 1. The van der Waals surface area contributed by atoms with Crippen molar-refractivity contribution in [3.8, 4) is 5.88 Å². The van der Waals surface area contributed by atoms with Gasteiger partial charge in [-0.2, -0.15) is 0 Å². The molecule has 0 aliphatic carbocycles. The Balaban J connectivity index is 1.89. The van der Waals surface area contributed by atoms with Crippen molar-refractivity contribution < 1.29 is 9.47 Å². The van der Waals surface area contributed by atoms with E-state index in [9.17, 15) is 0 Å². The molecule has 0 radical (unpaired) electrons. The van der Waals surface area contributed by atoms with Gasteiger partial charge in [0.1, 0.15) is 23.6 Å². The number of aromatic nitrogens is 4. The lowest BCUT2D eigenvalue weighted by molar-refractivity contribution is 0.122. The van der Waals surface area contributed by atoms with Crippen molar-refractivity contribution in [2.24, 2.45) is 0 Å². The Hall–Kier alpha value is -1.89. The maximum absolute atomic E-state index is 5.82. The van der Waals surface area contributed by atoms with E-state index in [4.69, 9.17) is 9.47 Å². The highest BCUT2D eigenvalue weighted by molar-refractivity contribution is 5.92. The van der Waals surface area contributed by atoms with Crippen molar-refractivity contribution in [3.05, 3.63) is 5.82 Å². The maximum atomic E-state index is 5.82. The number of aryl methyl sites for hydroxylation is 1. The third-order valence-electron chi connectivity index (χ3n) is 4.23. The molecule has 0 amide bonds. The van der Waals surface area contributed by atoms with Gasteiger partial charge in [-0.25, -0.2) is 9.97 Å². The monoisotopic (exact) mass is 289 g/mol. The molecule has 0 bridgehead atoms. The highest BCUT2D eigenvalue weighted by Gasteiger charge is 2.36. The first-order valence-electron chi connectivity index (χ1n) is 7.39. The van der Waals surface area contributed by atoms with Crippen molar-refractivity contribution in [1.29, 1.82) is 0 Å². The molecule has 0 aromatic carbocycles. The van der Waals surface area contributed by atoms with Gasteiger partial charge in [-0.15, -0.1) is 5.10 Å². The zero-order chi connectivity index (χ0) is 14.6. The lowest BCUT2D eigenvalue weighted by Gasteiger charge is -2.33. The van der Waals surface area contributed by atoms with E-state index in [2.05, 4.69) is 38.9 Å². The normalized spacial score (nSPS) is 28.7. The van der Waals surface area contributed by atoms with Gasteiger partial charge in [0.25, 0.3) is 0 Å². The first kappa shape index (κ1) is 12.8. The quantitative estimate of drug-likeness (QED) is 0.856. The Morgan fingerprint density at radius 2 is 2.10 bits per heavy atom. The number of aromatic amines is 1. The van der Waals surface area contributed by atoms with Gasteiger partial charge < -0.3 is 14.4 Å². The van der Waals surface area contributed by atoms with Gasteiger partial charge in [0, 0.05) is 0 Å². The van der Waals surface area contributed by atoms with Crippen LogP contribution < -0.4 is 9.64 Å². The molecule has 2 aromatic rings. The molecular formula is C14H19N5O2. The van der Waals surface area contributed by atoms with Crippen molar-refractivity contribution in [2.75, 3.05) is 18.1 Å². The van der Waals surface area contributed by atoms with Gasteiger partial charge in [-0.05, 0) is 27.2 Å². The van der Waals surface area contributed by atoms with E-state index < -0.39 is 0 Å². The third kappa shape index (κ3) is 1.95. The summed E-state index contributed by atoms with van der Waals surface area (Å²) in [6.45, 7) is 7.48. The fourth-order valence-corrected chi connectivity index (χ4v) is 3.30. The van der Waals surface area contributed by atoms with Crippen LogP contribution in [0.5, 0.6) is 5.88 Å². The topological polar surface area (TPSA) is 76.2 Å². The molecule has 7 heteroatoms. The molecular weight excluding hydrogens is 270 g/mol. The van der Waals surface area contributed by atoms with Crippen LogP contribution in [0.3, 0.4) is 0 Å². The second-order valence-corrected chi connectivity index (χ2v) is 5.95. The van der Waals surface area contributed by atoms with Crippen LogP contribution >= 0.6 is 0 Å². The standard InChI is InChI=1S/C14H19N5O2/c1-7-5-21-14-11-12(17-18-14)15-9(3)16-13(11)19(7)10-4-8(2)20-6-10/h7-8,10H,4-6H2,1-3H3,(H,15,16,17,18)/t7-,8+,10-/m1/s1. The number of hydrogen-bond acceptors (Lipinski definition) is 6. The van der Waals surface area contributed by atoms with Gasteiger partial charge in [0.15, 0.2) is 5.65 Å². The molecule has 1 N–H and O–H groups in total. The molecule has 0 unspecified atom stereocenters. The Bertz CT molecular complexity index is 685. The molecule has 4 heterocycles. The summed E-state index contributed by atoms with van der Waals surface area (Å²) in [7, 11) is 0. The minimum Gasteiger partial charge on any atom is -0.474 e. The summed E-state index contributed by atoms with van der Waals surface area (Å²) in [5, 5.41) is 8.05. The Morgan fingerprint density at radius 1 is 1.24 bits per heavy atom. The van der Waals surface area contributed by atoms with E-state index in [0.29, 0.717) is 18.5 Å². The summed E-state index contributed by atoms with van der Waals surface area (Å²) in [5.74, 6) is 2.24. The molecule has 0 saturated carbocycles. The predicted octanol–water partition coefficient (Wildman–Crippen LogP) is 1.43. The van der Waals surface area contributed by atoms with E-state index >= 15 is 0 Å². The molecule has 1 saturated heterocycles. The van der Waals surface area contributed by atoms with Crippen LogP contribution in [-0.4, -0.2) is 51.6 Å². The van der Waals surface area contributed by atoms with Crippen LogP contribution in [-0.2, 0) is 4.74 Å². The SMILES string of the molecule is Cc1nc2c3c(n[nH]c3n1)OC[C@@H](C)N2[C@H]1CO[C@@H](C)C1. The van der Waals surface area contributed by atoms with Gasteiger partial charge >= 0.3 is 0 Å². The summed E-state index contributed by atoms with van der Waals surface area (Å²) in [6, 6.07) is 0.535. The minimum absolute atomic E-state index is 0.218. The largest absolute Gasteiger partial charge is 0.474 e. The van der Waals surface area contributed by atoms with Gasteiger partial charge in [-0.1, -0.05) is 0 Å². The van der Waals surface area contributed by atoms with Crippen molar-refractivity contribution in [3.63, 3.8) is 0 Å². The van der Waals surface area contributed by atoms with E-state index in [1.165, 1.54) is 0 Å². The van der Waals surface area contributed by atoms with Crippen LogP contribution in [0, 0.1) is 6.92 Å². The van der Waals surface area contributed by atoms with E-state index in [-0.39, 0.29) is 12.1 Å². The summed E-state index contributed by atoms with van der Waals surface area (Å²) in [5.41, 5.74) is 0.735. The van der Waals surface area contributed by atoms with Crippen LogP contribution in [0.2, 0.25) is 0 Å². The zero-order valence-corrected chi connectivity index (χ0v) is 12.5. The minimum atomic E-state index is 0.218. The maximum Gasteiger partial charge on any atom is 0.246 e. The predicted molar refractivity (Wildman–Crippen MR) is 77.7 cm³/mol. The van der Waals surface area contributed by atoms with Crippen LogP contribution in [0.4, 0.5) is 5.82 Å². The number of ether oxygens (including phenoxy) is 2. The van der Waals surface area contributed by atoms with Gasteiger partial charge in [0.05, 0.1) is 24.8 Å². The van der Waals surface area contributed by atoms with Crippen LogP contribution in [0.15, 0.2) is 0 Å². The molecule has 2 aromatic heterocycles. The van der Waals surface area contributed by atoms with Crippen LogP contribution in [0.1, 0.15) is 26.1 Å². The number of H-pyrrole nitrogens is 1. The van der Waals surface area contributed by atoms with Gasteiger partial charge in [-0.3, -0.25) is 5.10 Å². The molecule has 2 aliphatic rings. The summed E-state index contributed by atoms with van der Waals surface area (Å²) < 4.78 is 11.6. The molecule has 112 valence electrons. The van der Waals surface area contributed by atoms with E-state index in [1.54, 1.807) is 0 Å². The smallest absolute Gasteiger partial charge is 0.246 e. The Labute approximate surface area is 122 Å². The number of rotatable bonds is 1. The lowest BCUT2D eigenvalue weighted by Crippen LogP contribution is -2.45. The highest BCUT2D eigenvalue weighted by atomic mass is 16.5. The first-order valence-corrected chi connectivity index (χ1v) is 7.39. The lowest BCUT2D eigenvalue weighted by atomic mass is 10.1. The van der Waals surface area contributed by atoms with Crippen molar-refractivity contribution >= 4 is 16.9 Å². The third-order valence-corrected chi connectivity index (χ3v) is 4.23. The second kappa shape index (κ2) is 4.56. The molecule has 0 spiro atoms. The molecule has 4 rings (SSSR count). The molecule has 3 atom stereocenters. The summed E-state index contributed by atoms with van der Waals surface area (Å²) in [4.78, 5) is 11.4. The first-order chi connectivity index (χ1) is 10.1. The summed E-state index contributed by atoms with van der Waals surface area (Å²) >= 11 is 0. The Morgan fingerprint density at radius 3 is 2.86 bits per heavy atom. The average Bonchev–Trinajstić information content (AvgIpc) is 2.99. The van der Waals surface area contributed by atoms with Gasteiger partial charge in [0.2, 0.25) is 5.88 Å². The fraction of sp³-hybridized carbons (Fsp3) is 0.643. The Kier molecular flexibility index (Phi) is 2.78. The van der Waals surface area contributed by atoms with E-state index in [1.807, 2.05) is 6.92 Å². The highest BCUT2D eigenvalue weighted by Crippen LogP contribution is 2.37. The zero-order valence-electron chi connectivity index (χ0n) is 12.5. The number of hydrogen-bond donors (Lipinski definition) is 1. The molecule has 21 heavy (non-hydrogen) atoms. The van der Waals surface area contributed by atoms with Crippen molar-refractivity contribution in [2.45, 2.75) is 45.4 Å². The number of nitrogens with one attached hydrogen (secondary N) is 1.